The van der Waals surface area contributed by atoms with Crippen LogP contribution in [0.4, 0.5) is 4.79 Å². The number of carbonyl (C=O) groups excluding carboxylic acids is 3. The summed E-state index contributed by atoms with van der Waals surface area (Å²) >= 11 is 0. The van der Waals surface area contributed by atoms with Gasteiger partial charge >= 0.3 is 12.1 Å². The number of hydrogen-bond acceptors (Lipinski definition) is 5. The quantitative estimate of drug-likeness (QED) is 0.265. The van der Waals surface area contributed by atoms with E-state index < -0.39 is 29.1 Å². The van der Waals surface area contributed by atoms with Gasteiger partial charge in [-0.05, 0) is 75.3 Å². The summed E-state index contributed by atoms with van der Waals surface area (Å²) in [5, 5.41) is 9.40. The van der Waals surface area contributed by atoms with Crippen molar-refractivity contribution in [2.45, 2.75) is 104 Å². The van der Waals surface area contributed by atoms with E-state index in [1.807, 2.05) is 73.0 Å². The molecule has 1 N–H and O–H groups in total. The molecule has 0 aromatic heterocycles. The number of piperidine rings is 1. The normalized spacial score (nSPS) is 21.6. The molecule has 0 radical (unpaired) electrons. The number of benzene rings is 2. The van der Waals surface area contributed by atoms with E-state index in [-0.39, 0.29) is 28.2 Å². The van der Waals surface area contributed by atoms with Crippen LogP contribution in [0.5, 0.6) is 0 Å². The predicted molar refractivity (Wildman–Crippen MR) is 204 cm³/mol. The molecule has 1 saturated heterocycles. The van der Waals surface area contributed by atoms with E-state index >= 15 is 0 Å². The number of fused-ring (bicyclic) bond motifs is 1. The molecule has 1 aliphatic carbocycles. The first kappa shape index (κ1) is 38.8. The number of ether oxygens (including phenoxy) is 1. The summed E-state index contributed by atoms with van der Waals surface area (Å²) in [6, 6.07) is 16.5. The van der Waals surface area contributed by atoms with Crippen molar-refractivity contribution in [1.82, 2.24) is 14.7 Å². The smallest absolute Gasteiger partial charge is 0.410 e. The van der Waals surface area contributed by atoms with E-state index in [1.165, 1.54) is 16.0 Å². The van der Waals surface area contributed by atoms with Crippen molar-refractivity contribution in [1.29, 1.82) is 0 Å². The van der Waals surface area contributed by atoms with Gasteiger partial charge in [-0.15, -0.1) is 0 Å². The molecule has 2 aromatic carbocycles. The van der Waals surface area contributed by atoms with E-state index in [0.717, 1.165) is 30.4 Å². The van der Waals surface area contributed by atoms with Gasteiger partial charge in [0.25, 0.3) is 0 Å². The molecule has 2 aromatic rings. The Balaban J connectivity index is 1.37. The number of rotatable bonds is 9. The maximum Gasteiger partial charge on any atom is 0.410 e. The Hall–Kier alpha value is -4.40. The van der Waals surface area contributed by atoms with Crippen molar-refractivity contribution in [2.75, 3.05) is 33.2 Å². The van der Waals surface area contributed by atoms with E-state index in [9.17, 15) is 24.3 Å². The van der Waals surface area contributed by atoms with E-state index in [4.69, 9.17) is 4.74 Å². The number of carbonyl (C=O) groups is 4. The van der Waals surface area contributed by atoms with Crippen molar-refractivity contribution in [3.8, 4) is 0 Å². The number of amides is 3. The highest BCUT2D eigenvalue weighted by molar-refractivity contribution is 5.91. The molecule has 2 atom stereocenters. The van der Waals surface area contributed by atoms with Crippen molar-refractivity contribution in [2.24, 2.45) is 10.8 Å². The molecule has 0 bridgehead atoms. The van der Waals surface area contributed by atoms with Gasteiger partial charge in [-0.3, -0.25) is 14.5 Å². The lowest BCUT2D eigenvalue weighted by Gasteiger charge is -2.52. The molecule has 2 aliphatic heterocycles. The molecule has 0 spiro atoms. The lowest BCUT2D eigenvalue weighted by atomic mass is 9.58. The van der Waals surface area contributed by atoms with Gasteiger partial charge in [-0.1, -0.05) is 101 Å². The van der Waals surface area contributed by atoms with E-state index in [2.05, 4.69) is 39.8 Å². The average Bonchev–Trinajstić information content (AvgIpc) is 3.10. The Morgan fingerprint density at radius 3 is 2.13 bits per heavy atom. The van der Waals surface area contributed by atoms with Gasteiger partial charge in [0.1, 0.15) is 11.6 Å². The fourth-order valence-corrected chi connectivity index (χ4v) is 8.70. The Kier molecular flexibility index (Phi) is 11.1. The summed E-state index contributed by atoms with van der Waals surface area (Å²) in [4.78, 5) is 58.9. The van der Waals surface area contributed by atoms with Crippen LogP contribution < -0.4 is 0 Å². The first-order valence-electron chi connectivity index (χ1n) is 18.8. The molecule has 3 aliphatic rings. The van der Waals surface area contributed by atoms with Crippen molar-refractivity contribution in [3.05, 3.63) is 89.0 Å². The summed E-state index contributed by atoms with van der Waals surface area (Å²) in [6.07, 6.45) is 7.98. The molecule has 9 nitrogen and oxygen atoms in total. The first-order chi connectivity index (χ1) is 24.4. The SMILES string of the molecule is CCCC[C@@H](C(=O)N1CCC(C(=O)N2CC=C3C(C)(C)C(c4ccc(C(=O)O)cc4)=CC[C@]3(C)C2)(c2ccccc2)CC1)N(C)C(=O)OC(C)(C)C. The van der Waals surface area contributed by atoms with Gasteiger partial charge in [-0.2, -0.15) is 0 Å². The zero-order valence-corrected chi connectivity index (χ0v) is 32.3. The third-order valence-corrected chi connectivity index (χ3v) is 11.5. The topological polar surface area (TPSA) is 107 Å². The molecule has 3 amide bonds. The van der Waals surface area contributed by atoms with Crippen LogP contribution in [0, 0.1) is 10.8 Å². The molecule has 0 saturated carbocycles. The fraction of sp³-hybridized carbons (Fsp3) is 0.535. The van der Waals surface area contributed by atoms with Crippen LogP contribution in [-0.4, -0.2) is 88.6 Å². The molecule has 9 heteroatoms. The second-order valence-electron chi connectivity index (χ2n) is 16.7. The number of allylic oxidation sites excluding steroid dienone is 2. The third-order valence-electron chi connectivity index (χ3n) is 11.5. The second kappa shape index (κ2) is 14.9. The number of nitrogens with zero attached hydrogens (tertiary/aromatic N) is 3. The van der Waals surface area contributed by atoms with Gasteiger partial charge < -0.3 is 19.6 Å². The number of likely N-dealkylation sites (N-methyl/N-ethyl adjacent to an activating group) is 1. The van der Waals surface area contributed by atoms with Crippen LogP contribution in [0.1, 0.15) is 108 Å². The molecule has 1 fully saturated rings. The summed E-state index contributed by atoms with van der Waals surface area (Å²) in [5.74, 6) is -0.950. The van der Waals surface area contributed by atoms with Crippen LogP contribution in [-0.2, 0) is 19.7 Å². The van der Waals surface area contributed by atoms with E-state index in [1.54, 1.807) is 19.2 Å². The summed E-state index contributed by atoms with van der Waals surface area (Å²) in [7, 11) is 1.65. The molecular weight excluding hydrogens is 654 g/mol. The number of likely N-dealkylation sites (tertiary alicyclic amines) is 1. The van der Waals surface area contributed by atoms with Crippen LogP contribution in [0.3, 0.4) is 0 Å². The Labute approximate surface area is 309 Å². The third kappa shape index (κ3) is 7.69. The van der Waals surface area contributed by atoms with Gasteiger partial charge in [0.2, 0.25) is 11.8 Å². The maximum atomic E-state index is 15.0. The van der Waals surface area contributed by atoms with Crippen LogP contribution in [0.25, 0.3) is 5.57 Å². The van der Waals surface area contributed by atoms with Gasteiger partial charge in [0, 0.05) is 44.1 Å². The minimum atomic E-state index is -0.941. The Morgan fingerprint density at radius 1 is 0.923 bits per heavy atom. The standard InChI is InChI=1S/C43H57N3O6/c1-9-10-16-34(44(8)39(51)52-40(2,3)4)36(47)45-27-24-43(25-28-45,32-14-12-11-13-15-32)38(50)46-26-22-35-41(5,6)33(21-23-42(35,7)29-46)30-17-19-31(20-18-30)37(48)49/h11-15,17-22,34H,9-10,16,23-29H2,1-8H3,(H,48,49)/t34-,42+/m0/s1. The van der Waals surface area contributed by atoms with Crippen molar-refractivity contribution < 1.29 is 29.0 Å². The second-order valence-corrected chi connectivity index (χ2v) is 16.7. The molecule has 5 rings (SSSR count). The fourth-order valence-electron chi connectivity index (χ4n) is 8.70. The van der Waals surface area contributed by atoms with Gasteiger partial charge in [0.05, 0.1) is 11.0 Å². The number of carboxylic acids is 1. The average molecular weight is 712 g/mol. The molecule has 280 valence electrons. The maximum absolute atomic E-state index is 15.0. The molecule has 52 heavy (non-hydrogen) atoms. The minimum absolute atomic E-state index is 0.0903. The highest BCUT2D eigenvalue weighted by Gasteiger charge is 2.51. The lowest BCUT2D eigenvalue weighted by Crippen LogP contribution is -2.59. The van der Waals surface area contributed by atoms with Crippen molar-refractivity contribution in [3.63, 3.8) is 0 Å². The number of hydrogen-bond donors (Lipinski definition) is 1. The van der Waals surface area contributed by atoms with Crippen molar-refractivity contribution >= 4 is 29.5 Å². The van der Waals surface area contributed by atoms with Crippen LogP contribution >= 0.6 is 0 Å². The predicted octanol–water partition coefficient (Wildman–Crippen LogP) is 7.96. The summed E-state index contributed by atoms with van der Waals surface area (Å²) in [6.45, 7) is 16.1. The minimum Gasteiger partial charge on any atom is -0.478 e. The van der Waals surface area contributed by atoms with Crippen LogP contribution in [0.15, 0.2) is 72.3 Å². The highest BCUT2D eigenvalue weighted by Crippen LogP contribution is 2.55. The summed E-state index contributed by atoms with van der Waals surface area (Å²) in [5.41, 5.74) is 2.67. The number of carboxylic acid groups (broad SMARTS) is 1. The Bertz CT molecular complexity index is 1710. The molecular formula is C43H57N3O6. The van der Waals surface area contributed by atoms with E-state index in [0.29, 0.717) is 45.4 Å². The molecule has 0 unspecified atom stereocenters. The molecule has 2 heterocycles. The van der Waals surface area contributed by atoms with Crippen LogP contribution in [0.2, 0.25) is 0 Å². The monoisotopic (exact) mass is 711 g/mol. The Morgan fingerprint density at radius 2 is 1.56 bits per heavy atom. The number of aromatic carboxylic acids is 1. The first-order valence-corrected chi connectivity index (χ1v) is 18.8. The van der Waals surface area contributed by atoms with Gasteiger partial charge in [-0.25, -0.2) is 9.59 Å². The number of unbranched alkanes of at least 4 members (excludes halogenated alkanes) is 1. The summed E-state index contributed by atoms with van der Waals surface area (Å²) < 4.78 is 5.62. The van der Waals surface area contributed by atoms with Gasteiger partial charge in [0.15, 0.2) is 0 Å². The zero-order chi connectivity index (χ0) is 38.1. The lowest BCUT2D eigenvalue weighted by molar-refractivity contribution is -0.145. The largest absolute Gasteiger partial charge is 0.478 e. The zero-order valence-electron chi connectivity index (χ0n) is 32.3. The highest BCUT2D eigenvalue weighted by atomic mass is 16.6.